The maximum atomic E-state index is 13.4. The lowest BCUT2D eigenvalue weighted by Crippen LogP contribution is -2.42. The van der Waals surface area contributed by atoms with Gasteiger partial charge in [-0.15, -0.1) is 0 Å². The number of ketones is 1. The van der Waals surface area contributed by atoms with E-state index >= 15 is 0 Å². The minimum absolute atomic E-state index is 0.306. The molecule has 1 N–H and O–H groups in total. The molecule has 0 radical (unpaired) electrons. The van der Waals surface area contributed by atoms with Gasteiger partial charge in [-0.1, -0.05) is 41.9 Å². The van der Waals surface area contributed by atoms with E-state index in [0.717, 1.165) is 5.56 Å². The Morgan fingerprint density at radius 1 is 1.00 bits per heavy atom. The van der Waals surface area contributed by atoms with Crippen LogP contribution in [0, 0.1) is 0 Å². The van der Waals surface area contributed by atoms with Gasteiger partial charge >= 0.3 is 0 Å². The third kappa shape index (κ3) is 4.32. The number of anilines is 1. The first-order valence-electron chi connectivity index (χ1n) is 10.5. The van der Waals surface area contributed by atoms with Gasteiger partial charge in [0.25, 0.3) is 5.91 Å². The quantitative estimate of drug-likeness (QED) is 0.499. The zero-order valence-electron chi connectivity index (χ0n) is 18.4. The molecule has 3 aromatic rings. The van der Waals surface area contributed by atoms with Crippen LogP contribution in [-0.4, -0.2) is 37.6 Å². The highest BCUT2D eigenvalue weighted by Gasteiger charge is 2.51. The number of nitrogens with zero attached hydrogens (tertiary/aromatic N) is 1. The van der Waals surface area contributed by atoms with Crippen LogP contribution in [0.2, 0.25) is 5.02 Å². The number of benzene rings is 3. The van der Waals surface area contributed by atoms with Crippen LogP contribution in [0.15, 0.2) is 66.7 Å². The number of hydrogen-bond donors (Lipinski definition) is 1. The fourth-order valence-corrected chi connectivity index (χ4v) is 4.32. The highest BCUT2D eigenvalue weighted by atomic mass is 35.5. The molecule has 0 aromatic heterocycles. The number of amides is 1. The first-order chi connectivity index (χ1) is 15.9. The van der Waals surface area contributed by atoms with Gasteiger partial charge in [0.2, 0.25) is 0 Å². The van der Waals surface area contributed by atoms with Crippen LogP contribution < -0.4 is 14.4 Å². The monoisotopic (exact) mass is 465 g/mol. The molecule has 170 valence electrons. The number of rotatable bonds is 8. The summed E-state index contributed by atoms with van der Waals surface area (Å²) in [4.78, 5) is 28.1. The second-order valence-electron chi connectivity index (χ2n) is 7.88. The van der Waals surface area contributed by atoms with Crippen molar-refractivity contribution in [1.82, 2.24) is 0 Å². The van der Waals surface area contributed by atoms with Gasteiger partial charge in [0.15, 0.2) is 22.9 Å². The third-order valence-electron chi connectivity index (χ3n) is 5.88. The molecule has 7 heteroatoms. The Labute approximate surface area is 197 Å². The number of carbonyl (C=O) groups excluding carboxylic acids is 2. The van der Waals surface area contributed by atoms with Crippen LogP contribution in [0.25, 0.3) is 0 Å². The molecule has 1 aliphatic heterocycles. The highest BCUT2D eigenvalue weighted by Crippen LogP contribution is 2.44. The molecule has 1 amide bonds. The molecule has 1 atom stereocenters. The van der Waals surface area contributed by atoms with E-state index in [0.29, 0.717) is 46.3 Å². The fraction of sp³-hybridized carbons (Fsp3) is 0.231. The van der Waals surface area contributed by atoms with Gasteiger partial charge in [0, 0.05) is 22.7 Å². The minimum Gasteiger partial charge on any atom is -0.493 e. The van der Waals surface area contributed by atoms with Crippen molar-refractivity contribution < 1.29 is 24.2 Å². The largest absolute Gasteiger partial charge is 0.493 e. The Hall–Kier alpha value is -3.35. The van der Waals surface area contributed by atoms with Gasteiger partial charge in [-0.05, 0) is 48.4 Å². The SMILES string of the molecule is COc1ccc(C(=O)C[C@]2(O)C(=O)N(CCc3ccccc3)c3ccc(Cl)cc32)cc1OC. The van der Waals surface area contributed by atoms with Crippen molar-refractivity contribution in [1.29, 1.82) is 0 Å². The summed E-state index contributed by atoms with van der Waals surface area (Å²) in [6.07, 6.45) is 0.185. The van der Waals surface area contributed by atoms with E-state index in [2.05, 4.69) is 0 Å². The lowest BCUT2D eigenvalue weighted by atomic mass is 9.88. The molecule has 0 saturated carbocycles. The van der Waals surface area contributed by atoms with Crippen molar-refractivity contribution in [2.45, 2.75) is 18.4 Å². The Bertz CT molecular complexity index is 1200. The van der Waals surface area contributed by atoms with Crippen molar-refractivity contribution in [3.8, 4) is 11.5 Å². The second kappa shape index (κ2) is 9.25. The van der Waals surface area contributed by atoms with Crippen molar-refractivity contribution in [3.05, 3.63) is 88.4 Å². The minimum atomic E-state index is -2.01. The second-order valence-corrected chi connectivity index (χ2v) is 8.32. The van der Waals surface area contributed by atoms with Gasteiger partial charge in [-0.25, -0.2) is 0 Å². The molecule has 1 heterocycles. The Balaban J connectivity index is 1.64. The molecular formula is C26H24ClNO5. The van der Waals surface area contributed by atoms with Crippen LogP contribution in [0.5, 0.6) is 11.5 Å². The van der Waals surface area contributed by atoms with Crippen molar-refractivity contribution in [3.63, 3.8) is 0 Å². The predicted molar refractivity (Wildman–Crippen MR) is 126 cm³/mol. The maximum Gasteiger partial charge on any atom is 0.264 e. The number of Topliss-reactive ketones (excluding diaryl/α,β-unsaturated/α-hetero) is 1. The molecule has 0 aliphatic carbocycles. The van der Waals surface area contributed by atoms with Crippen LogP contribution in [0.4, 0.5) is 5.69 Å². The molecule has 0 unspecified atom stereocenters. The summed E-state index contributed by atoms with van der Waals surface area (Å²) in [7, 11) is 2.98. The van der Waals surface area contributed by atoms with E-state index < -0.39 is 23.7 Å². The number of carbonyl (C=O) groups is 2. The molecule has 3 aromatic carbocycles. The topological polar surface area (TPSA) is 76.1 Å². The van der Waals surface area contributed by atoms with E-state index in [1.165, 1.54) is 25.2 Å². The fourth-order valence-electron chi connectivity index (χ4n) is 4.15. The highest BCUT2D eigenvalue weighted by molar-refractivity contribution is 6.31. The van der Waals surface area contributed by atoms with E-state index in [-0.39, 0.29) is 0 Å². The molecule has 0 saturated heterocycles. The molecular weight excluding hydrogens is 442 g/mol. The normalized spacial score (nSPS) is 17.1. The molecule has 4 rings (SSSR count). The van der Waals surface area contributed by atoms with Gasteiger partial charge < -0.3 is 19.5 Å². The number of methoxy groups -OCH3 is 2. The number of halogens is 1. The number of ether oxygens (including phenoxy) is 2. The summed E-state index contributed by atoms with van der Waals surface area (Å²) < 4.78 is 10.5. The lowest BCUT2D eigenvalue weighted by Gasteiger charge is -2.23. The molecule has 33 heavy (non-hydrogen) atoms. The molecule has 0 fully saturated rings. The number of aliphatic hydroxyl groups is 1. The van der Waals surface area contributed by atoms with E-state index in [1.54, 1.807) is 30.3 Å². The summed E-state index contributed by atoms with van der Waals surface area (Å²) in [6.45, 7) is 0.365. The molecule has 0 spiro atoms. The zero-order chi connectivity index (χ0) is 23.6. The van der Waals surface area contributed by atoms with Gasteiger partial charge in [0.1, 0.15) is 0 Å². The summed E-state index contributed by atoms with van der Waals surface area (Å²) in [5.74, 6) is -0.0675. The Morgan fingerprint density at radius 3 is 2.42 bits per heavy atom. The summed E-state index contributed by atoms with van der Waals surface area (Å²) in [5.41, 5.74) is 0.254. The van der Waals surface area contributed by atoms with Crippen LogP contribution in [-0.2, 0) is 16.8 Å². The van der Waals surface area contributed by atoms with E-state index in [9.17, 15) is 14.7 Å². The van der Waals surface area contributed by atoms with Crippen molar-refractivity contribution in [2.75, 3.05) is 25.7 Å². The van der Waals surface area contributed by atoms with Gasteiger partial charge in [-0.3, -0.25) is 9.59 Å². The first-order valence-corrected chi connectivity index (χ1v) is 10.9. The average molecular weight is 466 g/mol. The Morgan fingerprint density at radius 2 is 1.73 bits per heavy atom. The predicted octanol–water partition coefficient (Wildman–Crippen LogP) is 4.41. The van der Waals surface area contributed by atoms with E-state index in [4.69, 9.17) is 21.1 Å². The van der Waals surface area contributed by atoms with Crippen LogP contribution >= 0.6 is 11.6 Å². The van der Waals surface area contributed by atoms with Crippen molar-refractivity contribution in [2.24, 2.45) is 0 Å². The Kier molecular flexibility index (Phi) is 6.40. The molecule has 6 nitrogen and oxygen atoms in total. The summed E-state index contributed by atoms with van der Waals surface area (Å²) in [5, 5.41) is 11.9. The third-order valence-corrected chi connectivity index (χ3v) is 6.12. The van der Waals surface area contributed by atoms with E-state index in [1.807, 2.05) is 30.3 Å². The van der Waals surface area contributed by atoms with Crippen LogP contribution in [0.3, 0.4) is 0 Å². The lowest BCUT2D eigenvalue weighted by molar-refractivity contribution is -0.135. The summed E-state index contributed by atoms with van der Waals surface area (Å²) in [6, 6.07) is 19.4. The van der Waals surface area contributed by atoms with Gasteiger partial charge in [-0.2, -0.15) is 0 Å². The molecule has 0 bridgehead atoms. The number of hydrogen-bond acceptors (Lipinski definition) is 5. The standard InChI is InChI=1S/C26H24ClNO5/c1-32-23-11-8-18(14-24(23)33-2)22(29)16-26(31)20-15-19(27)9-10-21(20)28(25(26)30)13-12-17-6-4-3-5-7-17/h3-11,14-15,31H,12-13,16H2,1-2H3/t26-/m1/s1. The smallest absolute Gasteiger partial charge is 0.264 e. The number of fused-ring (bicyclic) bond motifs is 1. The van der Waals surface area contributed by atoms with Gasteiger partial charge in [0.05, 0.1) is 26.3 Å². The average Bonchev–Trinajstić information content (AvgIpc) is 3.03. The van der Waals surface area contributed by atoms with Crippen molar-refractivity contribution >= 4 is 29.0 Å². The summed E-state index contributed by atoms with van der Waals surface area (Å²) >= 11 is 6.19. The first kappa shape index (κ1) is 22.8. The molecule has 1 aliphatic rings. The zero-order valence-corrected chi connectivity index (χ0v) is 19.1. The van der Waals surface area contributed by atoms with Crippen LogP contribution in [0.1, 0.15) is 27.9 Å². The maximum absolute atomic E-state index is 13.4.